The molecule has 34 heavy (non-hydrogen) atoms. The van der Waals surface area contributed by atoms with Gasteiger partial charge in [-0.1, -0.05) is 11.6 Å². The number of anilines is 1. The molecule has 1 N–H and O–H groups in total. The molecule has 1 aromatic rings. The molecule has 2 atom stereocenters. The molecule has 6 aliphatic rings. The monoisotopic (exact) mass is 455 g/mol. The predicted molar refractivity (Wildman–Crippen MR) is 136 cm³/mol. The van der Waals surface area contributed by atoms with Gasteiger partial charge < -0.3 is 10.0 Å². The van der Waals surface area contributed by atoms with Crippen LogP contribution in [0.5, 0.6) is 0 Å². The minimum absolute atomic E-state index is 0.00910. The zero-order valence-electron chi connectivity index (χ0n) is 20.5. The van der Waals surface area contributed by atoms with Crippen LogP contribution in [0.4, 0.5) is 5.69 Å². The van der Waals surface area contributed by atoms with Gasteiger partial charge in [0.25, 0.3) is 0 Å². The highest BCUT2D eigenvalue weighted by Crippen LogP contribution is 2.50. The van der Waals surface area contributed by atoms with Crippen molar-refractivity contribution in [3.8, 4) is 0 Å². The van der Waals surface area contributed by atoms with Crippen molar-refractivity contribution in [1.29, 1.82) is 0 Å². The van der Waals surface area contributed by atoms with E-state index in [1.165, 1.54) is 70.5 Å². The maximum Gasteiger partial charge on any atom is 0.205 e. The minimum Gasteiger partial charge on any atom is -0.511 e. The molecule has 4 aliphatic heterocycles. The number of rotatable bonds is 2. The van der Waals surface area contributed by atoms with Crippen molar-refractivity contribution in [3.05, 3.63) is 56.9 Å². The molecular formula is C30H35N2O2+. The van der Waals surface area contributed by atoms with Gasteiger partial charge in [0.2, 0.25) is 5.71 Å². The molecule has 0 saturated carbocycles. The van der Waals surface area contributed by atoms with E-state index in [-0.39, 0.29) is 11.7 Å². The van der Waals surface area contributed by atoms with Gasteiger partial charge in [-0.25, -0.2) is 4.58 Å². The summed E-state index contributed by atoms with van der Waals surface area (Å²) in [5.41, 5.74) is 12.7. The Kier molecular flexibility index (Phi) is 4.53. The van der Waals surface area contributed by atoms with E-state index in [2.05, 4.69) is 35.5 Å². The summed E-state index contributed by atoms with van der Waals surface area (Å²) in [6.45, 7) is 8.98. The summed E-state index contributed by atoms with van der Waals surface area (Å²) >= 11 is 0. The zero-order chi connectivity index (χ0) is 23.1. The van der Waals surface area contributed by atoms with Crippen LogP contribution in [0.25, 0.3) is 5.57 Å². The smallest absolute Gasteiger partial charge is 0.205 e. The fraction of sp³-hybridized carbons (Fsp3) is 0.533. The molecule has 0 spiro atoms. The van der Waals surface area contributed by atoms with Crippen molar-refractivity contribution in [1.82, 2.24) is 0 Å². The van der Waals surface area contributed by atoms with Crippen LogP contribution in [0.1, 0.15) is 67.7 Å². The van der Waals surface area contributed by atoms with Crippen LogP contribution < -0.4 is 4.90 Å². The number of nitrogens with zero attached hydrogens (tertiary/aromatic N) is 2. The second-order valence-electron chi connectivity index (χ2n) is 11.3. The lowest BCUT2D eigenvalue weighted by Crippen LogP contribution is -2.42. The van der Waals surface area contributed by atoms with Crippen LogP contribution in [0.3, 0.4) is 0 Å². The number of aryl methyl sites for hydroxylation is 1. The molecule has 4 nitrogen and oxygen atoms in total. The fourth-order valence-corrected chi connectivity index (χ4v) is 7.87. The Labute approximate surface area is 202 Å². The van der Waals surface area contributed by atoms with Gasteiger partial charge in [0, 0.05) is 48.7 Å². The van der Waals surface area contributed by atoms with Gasteiger partial charge in [-0.2, -0.15) is 0 Å². The number of allylic oxidation sites excluding steroid dienone is 6. The Hall–Kier alpha value is -2.62. The lowest BCUT2D eigenvalue weighted by molar-refractivity contribution is -0.533. The van der Waals surface area contributed by atoms with Crippen LogP contribution in [-0.2, 0) is 17.6 Å². The lowest BCUT2D eigenvalue weighted by atomic mass is 9.65. The summed E-state index contributed by atoms with van der Waals surface area (Å²) in [5.74, 6) is 0.0781. The molecule has 0 radical (unpaired) electrons. The summed E-state index contributed by atoms with van der Waals surface area (Å²) in [4.78, 5) is 16.3. The van der Waals surface area contributed by atoms with Gasteiger partial charge in [0.05, 0.1) is 11.5 Å². The average Bonchev–Trinajstić information content (AvgIpc) is 2.85. The summed E-state index contributed by atoms with van der Waals surface area (Å²) in [6.07, 6.45) is 11.4. The van der Waals surface area contributed by atoms with Crippen molar-refractivity contribution in [3.63, 3.8) is 0 Å². The second-order valence-corrected chi connectivity index (χ2v) is 11.3. The zero-order valence-corrected chi connectivity index (χ0v) is 20.5. The molecule has 7 rings (SSSR count). The number of hydrogen-bond donors (Lipinski definition) is 1. The highest BCUT2D eigenvalue weighted by Gasteiger charge is 2.49. The first-order valence-corrected chi connectivity index (χ1v) is 13.5. The Morgan fingerprint density at radius 2 is 1.76 bits per heavy atom. The van der Waals surface area contributed by atoms with Crippen LogP contribution in [0, 0.1) is 18.8 Å². The number of benzene rings is 1. The first-order chi connectivity index (χ1) is 16.5. The second kappa shape index (κ2) is 7.44. The number of aliphatic hydroxyl groups excluding tert-OH is 1. The van der Waals surface area contributed by atoms with E-state index in [4.69, 9.17) is 0 Å². The largest absolute Gasteiger partial charge is 0.511 e. The number of ketones is 1. The highest BCUT2D eigenvalue weighted by molar-refractivity contribution is 6.30. The Balaban J connectivity index is 1.31. The van der Waals surface area contributed by atoms with Crippen molar-refractivity contribution in [2.75, 3.05) is 31.1 Å². The van der Waals surface area contributed by atoms with Crippen molar-refractivity contribution in [2.24, 2.45) is 11.8 Å². The van der Waals surface area contributed by atoms with Crippen molar-refractivity contribution < 1.29 is 14.5 Å². The van der Waals surface area contributed by atoms with Crippen LogP contribution in [-0.4, -0.2) is 47.4 Å². The average molecular weight is 456 g/mol. The summed E-state index contributed by atoms with van der Waals surface area (Å²) in [5, 5.41) is 11.4. The number of carbonyl (C=O) groups is 1. The van der Waals surface area contributed by atoms with Gasteiger partial charge in [-0.05, 0) is 80.7 Å². The Morgan fingerprint density at radius 3 is 2.56 bits per heavy atom. The van der Waals surface area contributed by atoms with Crippen LogP contribution in [0.2, 0.25) is 0 Å². The highest BCUT2D eigenvalue weighted by atomic mass is 16.3. The molecule has 0 amide bonds. The molecule has 0 bridgehead atoms. The third kappa shape index (κ3) is 2.71. The topological polar surface area (TPSA) is 43.5 Å². The minimum atomic E-state index is -0.405. The fourth-order valence-electron chi connectivity index (χ4n) is 7.87. The van der Waals surface area contributed by atoms with E-state index in [0.29, 0.717) is 11.3 Å². The normalized spacial score (nSPS) is 28.0. The maximum atomic E-state index is 13.8. The molecule has 0 saturated heterocycles. The maximum absolute atomic E-state index is 13.8. The van der Waals surface area contributed by atoms with E-state index in [1.807, 2.05) is 0 Å². The Morgan fingerprint density at radius 1 is 1.00 bits per heavy atom. The van der Waals surface area contributed by atoms with Gasteiger partial charge in [-0.3, -0.25) is 4.79 Å². The van der Waals surface area contributed by atoms with E-state index < -0.39 is 5.92 Å². The summed E-state index contributed by atoms with van der Waals surface area (Å²) in [6, 6.07) is 2.24. The first-order valence-electron chi connectivity index (χ1n) is 13.5. The summed E-state index contributed by atoms with van der Waals surface area (Å²) < 4.78 is 2.56. The van der Waals surface area contributed by atoms with E-state index in [0.717, 1.165) is 57.4 Å². The van der Waals surface area contributed by atoms with Gasteiger partial charge in [0.1, 0.15) is 18.8 Å². The van der Waals surface area contributed by atoms with E-state index in [1.54, 1.807) is 0 Å². The summed E-state index contributed by atoms with van der Waals surface area (Å²) in [7, 11) is 0. The molecule has 1 aromatic carbocycles. The molecule has 4 heterocycles. The van der Waals surface area contributed by atoms with Gasteiger partial charge >= 0.3 is 0 Å². The number of aliphatic hydroxyl groups is 1. The molecular weight excluding hydrogens is 420 g/mol. The number of hydrogen-bond acceptors (Lipinski definition) is 3. The third-order valence-electron chi connectivity index (χ3n) is 9.51. The molecule has 2 aliphatic carbocycles. The third-order valence-corrected chi connectivity index (χ3v) is 9.51. The van der Waals surface area contributed by atoms with Gasteiger partial charge in [-0.15, -0.1) is 0 Å². The van der Waals surface area contributed by atoms with Crippen molar-refractivity contribution in [2.45, 2.75) is 65.2 Å². The van der Waals surface area contributed by atoms with Crippen molar-refractivity contribution >= 4 is 22.8 Å². The molecule has 0 fully saturated rings. The van der Waals surface area contributed by atoms with Crippen LogP contribution >= 0.6 is 0 Å². The van der Waals surface area contributed by atoms with E-state index >= 15 is 0 Å². The van der Waals surface area contributed by atoms with Gasteiger partial charge in [0.15, 0.2) is 5.78 Å². The molecule has 176 valence electrons. The number of carbonyl (C=O) groups excluding carboxylic acids is 1. The lowest BCUT2D eigenvalue weighted by Gasteiger charge is -2.40. The molecule has 0 aromatic heterocycles. The Bertz CT molecular complexity index is 1270. The molecule has 4 heteroatoms. The molecule has 2 unspecified atom stereocenters. The number of Topliss-reactive ketones (excluding diaryl/α,β-unsaturated/α-hetero) is 1. The standard InChI is InChI=1S/C30H34N2O2/c1-17-21-9-5-13-31-11-3-7-19(27(21)31)15-23(17)25-29(33)26(30(25)34)24-16-20-8-4-12-32-14-6-10-22(18(24)2)28(20)32/h15-16,23,25H,3-14H2,1-2H3/p+1. The quantitative estimate of drug-likeness (QED) is 0.633. The van der Waals surface area contributed by atoms with Crippen LogP contribution in [0.15, 0.2) is 34.6 Å². The SMILES string of the molecule is CC1=C2CCC[N+]3=C2C(=CC1C1C(=O)C(c2cc4c5c(c2C)CCCN5CCC4)=C1O)CCC3. The predicted octanol–water partition coefficient (Wildman–Crippen LogP) is 5.08. The van der Waals surface area contributed by atoms with E-state index in [9.17, 15) is 9.90 Å². The first kappa shape index (κ1) is 20.7.